The van der Waals surface area contributed by atoms with Crippen LogP contribution in [0.2, 0.25) is 0 Å². The smallest absolute Gasteiger partial charge is 0.487 e. The van der Waals surface area contributed by atoms with Crippen LogP contribution in [0.1, 0.15) is 11.3 Å². The molecule has 0 spiro atoms. The molecule has 0 saturated carbocycles. The fraction of sp³-hybridized carbons (Fsp3) is 0.214. The van der Waals surface area contributed by atoms with Crippen molar-refractivity contribution in [1.82, 2.24) is 4.98 Å². The second-order valence-corrected chi connectivity index (χ2v) is 4.36. The zero-order valence-corrected chi connectivity index (χ0v) is 11.4. The van der Waals surface area contributed by atoms with Gasteiger partial charge in [0.25, 0.3) is 0 Å². The van der Waals surface area contributed by atoms with Crippen LogP contribution in [0.25, 0.3) is 0 Å². The van der Waals surface area contributed by atoms with E-state index in [1.165, 1.54) is 0 Å². The molecule has 6 heteroatoms. The highest BCUT2D eigenvalue weighted by molar-refractivity contribution is 6.58. The maximum absolute atomic E-state index is 9.10. The first-order valence-corrected chi connectivity index (χ1v) is 6.19. The minimum Gasteiger partial charge on any atom is -0.487 e. The summed E-state index contributed by atoms with van der Waals surface area (Å²) in [5.41, 5.74) is 2.03. The number of benzene rings is 1. The molecule has 0 aliphatic rings. The number of ether oxygens (including phenoxy) is 2. The topological polar surface area (TPSA) is 71.8 Å². The molecule has 1 heterocycles. The van der Waals surface area contributed by atoms with E-state index in [1.807, 2.05) is 19.1 Å². The van der Waals surface area contributed by atoms with Crippen LogP contribution in [0.15, 0.2) is 36.4 Å². The number of aryl methyl sites for hydroxylation is 1. The molecule has 20 heavy (non-hydrogen) atoms. The first-order valence-electron chi connectivity index (χ1n) is 6.19. The molecule has 1 aromatic carbocycles. The molecular weight excluding hydrogens is 257 g/mol. The molecule has 0 atom stereocenters. The minimum absolute atomic E-state index is 0.319. The number of methoxy groups -OCH3 is 1. The minimum atomic E-state index is -1.47. The molecule has 0 amide bonds. The van der Waals surface area contributed by atoms with Gasteiger partial charge in [0.2, 0.25) is 5.88 Å². The Bertz CT molecular complexity index is 589. The highest BCUT2D eigenvalue weighted by Crippen LogP contribution is 2.17. The summed E-state index contributed by atoms with van der Waals surface area (Å²) in [6.07, 6.45) is 0. The average molecular weight is 273 g/mol. The van der Waals surface area contributed by atoms with Crippen LogP contribution in [0.4, 0.5) is 0 Å². The summed E-state index contributed by atoms with van der Waals surface area (Å²) in [5, 5.41) is 18.2. The van der Waals surface area contributed by atoms with Gasteiger partial charge in [-0.1, -0.05) is 18.2 Å². The maximum Gasteiger partial charge on any atom is 0.488 e. The number of hydrogen-bond donors (Lipinski definition) is 2. The van der Waals surface area contributed by atoms with E-state index < -0.39 is 7.12 Å². The van der Waals surface area contributed by atoms with Gasteiger partial charge in [-0.05, 0) is 30.1 Å². The summed E-state index contributed by atoms with van der Waals surface area (Å²) < 4.78 is 10.7. The number of aromatic nitrogens is 1. The molecule has 0 unspecified atom stereocenters. The van der Waals surface area contributed by atoms with Gasteiger partial charge in [0.05, 0.1) is 12.8 Å². The van der Waals surface area contributed by atoms with Gasteiger partial charge in [-0.15, -0.1) is 0 Å². The monoisotopic (exact) mass is 273 g/mol. The van der Waals surface area contributed by atoms with Crippen molar-refractivity contribution >= 4 is 12.6 Å². The van der Waals surface area contributed by atoms with Gasteiger partial charge in [0.15, 0.2) is 0 Å². The van der Waals surface area contributed by atoms with E-state index in [4.69, 9.17) is 19.5 Å². The second-order valence-electron chi connectivity index (χ2n) is 4.36. The van der Waals surface area contributed by atoms with Crippen LogP contribution >= 0.6 is 0 Å². The fourth-order valence-corrected chi connectivity index (χ4v) is 1.80. The SMILES string of the molecule is COc1cccc(COc2ccc(B(O)O)cc2C)n1. The average Bonchev–Trinajstić information content (AvgIpc) is 2.46. The number of hydrogen-bond acceptors (Lipinski definition) is 5. The van der Waals surface area contributed by atoms with E-state index in [1.54, 1.807) is 31.4 Å². The number of pyridine rings is 1. The van der Waals surface area contributed by atoms with E-state index in [9.17, 15) is 0 Å². The third-order valence-corrected chi connectivity index (χ3v) is 2.86. The van der Waals surface area contributed by atoms with Gasteiger partial charge in [-0.2, -0.15) is 0 Å². The number of rotatable bonds is 5. The third-order valence-electron chi connectivity index (χ3n) is 2.86. The molecule has 104 valence electrons. The van der Waals surface area contributed by atoms with Gasteiger partial charge in [-0.25, -0.2) is 4.98 Å². The maximum atomic E-state index is 9.10. The summed E-state index contributed by atoms with van der Waals surface area (Å²) in [5.74, 6) is 1.22. The fourth-order valence-electron chi connectivity index (χ4n) is 1.80. The van der Waals surface area contributed by atoms with Gasteiger partial charge in [0, 0.05) is 6.07 Å². The first-order chi connectivity index (χ1) is 9.60. The molecule has 1 aromatic heterocycles. The van der Waals surface area contributed by atoms with Gasteiger partial charge < -0.3 is 19.5 Å². The van der Waals surface area contributed by atoms with Gasteiger partial charge in [-0.3, -0.25) is 0 Å². The Hall–Kier alpha value is -2.05. The summed E-state index contributed by atoms with van der Waals surface area (Å²) in [6.45, 7) is 2.17. The molecule has 5 nitrogen and oxygen atoms in total. The quantitative estimate of drug-likeness (QED) is 0.783. The van der Waals surface area contributed by atoms with Crippen LogP contribution in [0.5, 0.6) is 11.6 Å². The van der Waals surface area contributed by atoms with Crippen molar-refractivity contribution in [2.45, 2.75) is 13.5 Å². The highest BCUT2D eigenvalue weighted by Gasteiger charge is 2.12. The second kappa shape index (κ2) is 6.41. The van der Waals surface area contributed by atoms with Crippen LogP contribution in [-0.4, -0.2) is 29.3 Å². The van der Waals surface area contributed by atoms with Crippen molar-refractivity contribution in [1.29, 1.82) is 0 Å². The molecule has 0 fully saturated rings. The van der Waals surface area contributed by atoms with Gasteiger partial charge >= 0.3 is 7.12 Å². The summed E-state index contributed by atoms with van der Waals surface area (Å²) in [7, 11) is 0.0959. The predicted octanol–water partition coefficient (Wildman–Crippen LogP) is 0.657. The lowest BCUT2D eigenvalue weighted by Gasteiger charge is -2.10. The van der Waals surface area contributed by atoms with Crippen LogP contribution in [-0.2, 0) is 6.61 Å². The van der Waals surface area contributed by atoms with E-state index >= 15 is 0 Å². The lowest BCUT2D eigenvalue weighted by molar-refractivity contribution is 0.296. The lowest BCUT2D eigenvalue weighted by atomic mass is 9.79. The van der Waals surface area contributed by atoms with Crippen LogP contribution < -0.4 is 14.9 Å². The molecule has 2 rings (SSSR count). The molecule has 0 bridgehead atoms. The van der Waals surface area contributed by atoms with Crippen molar-refractivity contribution < 1.29 is 19.5 Å². The Morgan fingerprint density at radius 3 is 2.65 bits per heavy atom. The Labute approximate surface area is 118 Å². The standard InChI is InChI=1S/C14H16BNO4/c1-10-8-11(15(17)18)6-7-13(10)20-9-12-4-3-5-14(16-12)19-2/h3-8,17-18H,9H2,1-2H3. The van der Waals surface area contributed by atoms with E-state index in [2.05, 4.69) is 4.98 Å². The van der Waals surface area contributed by atoms with E-state index in [0.29, 0.717) is 23.7 Å². The van der Waals surface area contributed by atoms with Crippen molar-refractivity contribution in [3.05, 3.63) is 47.7 Å². The van der Waals surface area contributed by atoms with Crippen LogP contribution in [0.3, 0.4) is 0 Å². The third kappa shape index (κ3) is 3.49. The van der Waals surface area contributed by atoms with E-state index in [-0.39, 0.29) is 0 Å². The summed E-state index contributed by atoms with van der Waals surface area (Å²) in [4.78, 5) is 4.25. The van der Waals surface area contributed by atoms with E-state index in [0.717, 1.165) is 11.3 Å². The lowest BCUT2D eigenvalue weighted by Crippen LogP contribution is -2.29. The zero-order valence-electron chi connectivity index (χ0n) is 11.4. The highest BCUT2D eigenvalue weighted by atomic mass is 16.5. The zero-order chi connectivity index (χ0) is 14.5. The Kier molecular flexibility index (Phi) is 4.60. The Balaban J connectivity index is 2.07. The molecular formula is C14H16BNO4. The largest absolute Gasteiger partial charge is 0.488 e. The predicted molar refractivity (Wildman–Crippen MR) is 76.1 cm³/mol. The van der Waals surface area contributed by atoms with Gasteiger partial charge in [0.1, 0.15) is 12.4 Å². The number of nitrogens with zero attached hydrogens (tertiary/aromatic N) is 1. The Morgan fingerprint density at radius 1 is 1.20 bits per heavy atom. The summed E-state index contributed by atoms with van der Waals surface area (Å²) in [6, 6.07) is 10.5. The van der Waals surface area contributed by atoms with Crippen molar-refractivity contribution in [3.63, 3.8) is 0 Å². The Morgan fingerprint density at radius 2 is 2.00 bits per heavy atom. The molecule has 0 aliphatic heterocycles. The molecule has 2 N–H and O–H groups in total. The molecule has 2 aromatic rings. The molecule has 0 saturated heterocycles. The normalized spacial score (nSPS) is 10.2. The van der Waals surface area contributed by atoms with Crippen molar-refractivity contribution in [2.75, 3.05) is 7.11 Å². The van der Waals surface area contributed by atoms with Crippen molar-refractivity contribution in [2.24, 2.45) is 0 Å². The molecule has 0 radical (unpaired) electrons. The van der Waals surface area contributed by atoms with Crippen LogP contribution in [0, 0.1) is 6.92 Å². The summed E-state index contributed by atoms with van der Waals surface area (Å²) >= 11 is 0. The van der Waals surface area contributed by atoms with Crippen molar-refractivity contribution in [3.8, 4) is 11.6 Å². The first kappa shape index (κ1) is 14.4. The molecule has 0 aliphatic carbocycles.